The minimum atomic E-state index is -1.19. The molecule has 0 saturated carbocycles. The van der Waals surface area contributed by atoms with Gasteiger partial charge in [0.25, 0.3) is 0 Å². The summed E-state index contributed by atoms with van der Waals surface area (Å²) < 4.78 is 12.8. The number of quaternary nitrogens is 1. The van der Waals surface area contributed by atoms with Gasteiger partial charge in [-0.15, -0.1) is 0 Å². The minimum absolute atomic E-state index is 0.130. The standard InChI is InChI=1S/C15H19FN2O3/c16-11-4-6-12(7-5-11)17-14(19)10-13(15(20)21)18-8-2-1-3-9-18/h4-7,13H,1-3,8-10H2,(H,17,19)(H,20,21)/t13-/m1/s1. The fourth-order valence-electron chi connectivity index (χ4n) is 2.68. The molecule has 1 aromatic rings. The van der Waals surface area contributed by atoms with Crippen molar-refractivity contribution in [3.8, 4) is 0 Å². The lowest BCUT2D eigenvalue weighted by atomic mass is 10.1. The van der Waals surface area contributed by atoms with Gasteiger partial charge in [0.05, 0.1) is 25.5 Å². The normalized spacial score (nSPS) is 17.2. The summed E-state index contributed by atoms with van der Waals surface area (Å²) in [5.74, 6) is -1.98. The molecule has 1 aromatic carbocycles. The Balaban J connectivity index is 1.94. The molecule has 2 rings (SSSR count). The number of piperidine rings is 1. The first kappa shape index (κ1) is 15.4. The number of carboxylic acids is 1. The third-order valence-corrected chi connectivity index (χ3v) is 3.79. The maximum atomic E-state index is 12.8. The van der Waals surface area contributed by atoms with E-state index in [4.69, 9.17) is 0 Å². The van der Waals surface area contributed by atoms with Crippen LogP contribution >= 0.6 is 0 Å². The predicted octanol–water partition coefficient (Wildman–Crippen LogP) is -0.658. The van der Waals surface area contributed by atoms with Crippen molar-refractivity contribution in [3.63, 3.8) is 0 Å². The number of carbonyl (C=O) groups is 2. The molecule has 1 amide bonds. The zero-order chi connectivity index (χ0) is 15.2. The summed E-state index contributed by atoms with van der Waals surface area (Å²) in [6.45, 7) is 1.50. The van der Waals surface area contributed by atoms with E-state index in [1.165, 1.54) is 24.3 Å². The Hall–Kier alpha value is -1.95. The summed E-state index contributed by atoms with van der Waals surface area (Å²) in [6, 6.07) is 4.53. The number of benzene rings is 1. The van der Waals surface area contributed by atoms with Gasteiger partial charge in [-0.2, -0.15) is 0 Å². The molecule has 5 nitrogen and oxygen atoms in total. The fraction of sp³-hybridized carbons (Fsp3) is 0.467. The monoisotopic (exact) mass is 294 g/mol. The van der Waals surface area contributed by atoms with Crippen LogP contribution in [0.4, 0.5) is 10.1 Å². The van der Waals surface area contributed by atoms with E-state index in [9.17, 15) is 19.1 Å². The third-order valence-electron chi connectivity index (χ3n) is 3.79. The second-order valence-electron chi connectivity index (χ2n) is 5.35. The smallest absolute Gasteiger partial charge is 0.230 e. The van der Waals surface area contributed by atoms with Crippen LogP contribution in [0.1, 0.15) is 25.7 Å². The highest BCUT2D eigenvalue weighted by Gasteiger charge is 2.27. The van der Waals surface area contributed by atoms with Crippen molar-refractivity contribution in [2.45, 2.75) is 31.7 Å². The number of nitrogens with one attached hydrogen (secondary N) is 2. The van der Waals surface area contributed by atoms with Crippen LogP contribution in [0.3, 0.4) is 0 Å². The molecule has 0 radical (unpaired) electrons. The molecule has 0 aliphatic carbocycles. The third kappa shape index (κ3) is 4.53. The van der Waals surface area contributed by atoms with Gasteiger partial charge in [-0.1, -0.05) is 0 Å². The van der Waals surface area contributed by atoms with Crippen LogP contribution in [0, 0.1) is 5.82 Å². The number of hydrogen-bond donors (Lipinski definition) is 2. The van der Waals surface area contributed by atoms with Gasteiger partial charge < -0.3 is 20.1 Å². The highest BCUT2D eigenvalue weighted by molar-refractivity contribution is 5.93. The van der Waals surface area contributed by atoms with Crippen molar-refractivity contribution >= 4 is 17.6 Å². The van der Waals surface area contributed by atoms with E-state index in [2.05, 4.69) is 5.32 Å². The summed E-state index contributed by atoms with van der Waals surface area (Å²) in [7, 11) is 0. The number of halogens is 1. The van der Waals surface area contributed by atoms with Gasteiger partial charge in [-0.3, -0.25) is 4.79 Å². The van der Waals surface area contributed by atoms with Gasteiger partial charge in [0.15, 0.2) is 0 Å². The molecule has 1 fully saturated rings. The van der Waals surface area contributed by atoms with Crippen molar-refractivity contribution in [3.05, 3.63) is 30.1 Å². The van der Waals surface area contributed by atoms with E-state index in [0.29, 0.717) is 5.69 Å². The predicted molar refractivity (Wildman–Crippen MR) is 73.0 cm³/mol. The Labute approximate surface area is 122 Å². The van der Waals surface area contributed by atoms with Crippen molar-refractivity contribution in [2.75, 3.05) is 18.4 Å². The number of rotatable bonds is 5. The molecule has 1 atom stereocenters. The van der Waals surface area contributed by atoms with Crippen LogP contribution in [-0.2, 0) is 9.59 Å². The summed E-state index contributed by atoms with van der Waals surface area (Å²) in [4.78, 5) is 24.1. The first-order chi connectivity index (χ1) is 10.1. The van der Waals surface area contributed by atoms with E-state index in [1.807, 2.05) is 0 Å². The number of carboxylic acid groups (broad SMARTS) is 1. The zero-order valence-corrected chi connectivity index (χ0v) is 11.7. The summed E-state index contributed by atoms with van der Waals surface area (Å²) >= 11 is 0. The lowest BCUT2D eigenvalue weighted by Gasteiger charge is -2.31. The first-order valence-corrected chi connectivity index (χ1v) is 7.17. The van der Waals surface area contributed by atoms with Gasteiger partial charge in [-0.05, 0) is 43.5 Å². The molecule has 0 unspecified atom stereocenters. The topological polar surface area (TPSA) is 73.7 Å². The Morgan fingerprint density at radius 1 is 1.19 bits per heavy atom. The molecule has 0 bridgehead atoms. The zero-order valence-electron chi connectivity index (χ0n) is 11.7. The minimum Gasteiger partial charge on any atom is -0.544 e. The van der Waals surface area contributed by atoms with Gasteiger partial charge in [-0.25, -0.2) is 4.39 Å². The number of anilines is 1. The molecule has 0 aromatic heterocycles. The number of likely N-dealkylation sites (tertiary alicyclic amines) is 1. The van der Waals surface area contributed by atoms with Crippen LogP contribution in [0.25, 0.3) is 0 Å². The summed E-state index contributed by atoms with van der Waals surface area (Å²) in [5, 5.41) is 13.9. The highest BCUT2D eigenvalue weighted by atomic mass is 19.1. The SMILES string of the molecule is O=C(C[C@H](C(=O)[O-])[NH+]1CCCCC1)Nc1ccc(F)cc1. The van der Waals surface area contributed by atoms with Crippen molar-refractivity contribution in [1.29, 1.82) is 0 Å². The van der Waals surface area contributed by atoms with Crippen molar-refractivity contribution in [1.82, 2.24) is 0 Å². The highest BCUT2D eigenvalue weighted by Crippen LogP contribution is 2.09. The van der Waals surface area contributed by atoms with Gasteiger partial charge in [0.1, 0.15) is 11.9 Å². The molecule has 1 aliphatic rings. The van der Waals surface area contributed by atoms with E-state index >= 15 is 0 Å². The molecular formula is C15H19FN2O3. The van der Waals surface area contributed by atoms with Crippen LogP contribution in [0.15, 0.2) is 24.3 Å². The van der Waals surface area contributed by atoms with Crippen molar-refractivity contribution < 1.29 is 24.0 Å². The van der Waals surface area contributed by atoms with Gasteiger partial charge >= 0.3 is 0 Å². The van der Waals surface area contributed by atoms with E-state index in [-0.39, 0.29) is 6.42 Å². The Bertz CT molecular complexity index is 498. The maximum Gasteiger partial charge on any atom is 0.230 e. The Morgan fingerprint density at radius 3 is 2.38 bits per heavy atom. The number of amides is 1. The quantitative estimate of drug-likeness (QED) is 0.757. The second-order valence-corrected chi connectivity index (χ2v) is 5.35. The second kappa shape index (κ2) is 7.17. The molecule has 1 aliphatic heterocycles. The average Bonchev–Trinajstić information content (AvgIpc) is 2.48. The largest absolute Gasteiger partial charge is 0.544 e. The fourth-order valence-corrected chi connectivity index (χ4v) is 2.68. The van der Waals surface area contributed by atoms with Gasteiger partial charge in [0, 0.05) is 5.69 Å². The van der Waals surface area contributed by atoms with Crippen LogP contribution in [-0.4, -0.2) is 31.0 Å². The average molecular weight is 294 g/mol. The molecule has 2 N–H and O–H groups in total. The number of carbonyl (C=O) groups excluding carboxylic acids is 2. The van der Waals surface area contributed by atoms with E-state index in [0.717, 1.165) is 37.3 Å². The van der Waals surface area contributed by atoms with E-state index in [1.54, 1.807) is 0 Å². The van der Waals surface area contributed by atoms with Crippen LogP contribution < -0.4 is 15.3 Å². The molecule has 1 saturated heterocycles. The lowest BCUT2D eigenvalue weighted by molar-refractivity contribution is -0.922. The molecule has 0 spiro atoms. The Kier molecular flexibility index (Phi) is 5.27. The Morgan fingerprint density at radius 2 is 1.81 bits per heavy atom. The van der Waals surface area contributed by atoms with E-state index < -0.39 is 23.7 Å². The maximum absolute atomic E-state index is 12.8. The van der Waals surface area contributed by atoms with Crippen molar-refractivity contribution in [2.24, 2.45) is 0 Å². The number of aliphatic carboxylic acids is 1. The van der Waals surface area contributed by atoms with Crippen LogP contribution in [0.2, 0.25) is 0 Å². The first-order valence-electron chi connectivity index (χ1n) is 7.17. The molecule has 114 valence electrons. The molecular weight excluding hydrogens is 275 g/mol. The number of hydrogen-bond acceptors (Lipinski definition) is 3. The molecule has 21 heavy (non-hydrogen) atoms. The summed E-state index contributed by atoms with van der Waals surface area (Å²) in [6.07, 6.45) is 2.91. The molecule has 6 heteroatoms. The molecule has 1 heterocycles. The van der Waals surface area contributed by atoms with Gasteiger partial charge in [0.2, 0.25) is 5.91 Å². The lowest BCUT2D eigenvalue weighted by Crippen LogP contribution is -3.18. The van der Waals surface area contributed by atoms with Crippen LogP contribution in [0.5, 0.6) is 0 Å². The summed E-state index contributed by atoms with van der Waals surface area (Å²) in [5.41, 5.74) is 0.451.